The van der Waals surface area contributed by atoms with Crippen molar-refractivity contribution in [1.82, 2.24) is 14.5 Å². The monoisotopic (exact) mass is 503 g/mol. The van der Waals surface area contributed by atoms with Crippen molar-refractivity contribution < 1.29 is 9.47 Å². The van der Waals surface area contributed by atoms with Crippen LogP contribution in [0.15, 0.2) is 79.0 Å². The van der Waals surface area contributed by atoms with E-state index in [4.69, 9.17) is 26.1 Å². The number of hydrogen-bond donors (Lipinski definition) is 0. The van der Waals surface area contributed by atoms with Gasteiger partial charge in [-0.25, -0.2) is 4.98 Å². The van der Waals surface area contributed by atoms with Crippen LogP contribution in [0.5, 0.6) is 17.2 Å². The van der Waals surface area contributed by atoms with Gasteiger partial charge in [0.1, 0.15) is 23.1 Å². The lowest BCUT2D eigenvalue weighted by molar-refractivity contribution is 0.281. The van der Waals surface area contributed by atoms with Crippen molar-refractivity contribution in [3.05, 3.63) is 89.8 Å². The third-order valence-electron chi connectivity index (χ3n) is 5.87. The Morgan fingerprint density at radius 3 is 2.11 bits per heavy atom. The van der Waals surface area contributed by atoms with Crippen LogP contribution in [-0.4, -0.2) is 41.7 Å². The highest BCUT2D eigenvalue weighted by molar-refractivity contribution is 6.30. The van der Waals surface area contributed by atoms with E-state index in [2.05, 4.69) is 60.9 Å². The van der Waals surface area contributed by atoms with Crippen molar-refractivity contribution in [2.24, 2.45) is 0 Å². The lowest BCUT2D eigenvalue weighted by Crippen LogP contribution is -2.15. The Labute approximate surface area is 219 Å². The fourth-order valence-electron chi connectivity index (χ4n) is 3.90. The highest BCUT2D eigenvalue weighted by Crippen LogP contribution is 2.27. The molecule has 0 atom stereocenters. The second kappa shape index (κ2) is 12.6. The molecule has 4 aromatic rings. The number of nitrogens with zero attached hydrogens (tertiary/aromatic N) is 3. The second-order valence-electron chi connectivity index (χ2n) is 9.10. The van der Waals surface area contributed by atoms with E-state index in [9.17, 15) is 0 Å². The summed E-state index contributed by atoms with van der Waals surface area (Å²) in [6.45, 7) is 3.93. The normalized spacial score (nSPS) is 11.1. The van der Waals surface area contributed by atoms with Gasteiger partial charge >= 0.3 is 0 Å². The van der Waals surface area contributed by atoms with E-state index in [-0.39, 0.29) is 0 Å². The lowest BCUT2D eigenvalue weighted by Gasteiger charge is -2.10. The largest absolute Gasteiger partial charge is 0.494 e. The predicted molar refractivity (Wildman–Crippen MR) is 148 cm³/mol. The van der Waals surface area contributed by atoms with Gasteiger partial charge in [-0.15, -0.1) is 0 Å². The molecule has 0 saturated carbocycles. The van der Waals surface area contributed by atoms with E-state index < -0.39 is 0 Å². The molecule has 0 bridgehead atoms. The molecule has 0 saturated heterocycles. The summed E-state index contributed by atoms with van der Waals surface area (Å²) in [6, 6.07) is 23.7. The van der Waals surface area contributed by atoms with Gasteiger partial charge in [-0.1, -0.05) is 24.9 Å². The smallest absolute Gasteiger partial charge is 0.127 e. The first-order chi connectivity index (χ1) is 17.5. The number of aromatic nitrogens is 2. The van der Waals surface area contributed by atoms with Crippen LogP contribution >= 0.6 is 11.6 Å². The van der Waals surface area contributed by atoms with Gasteiger partial charge < -0.3 is 18.9 Å². The summed E-state index contributed by atoms with van der Waals surface area (Å²) in [7, 11) is 4.15. The minimum atomic E-state index is 0.690. The quantitative estimate of drug-likeness (QED) is 0.186. The van der Waals surface area contributed by atoms with E-state index in [1.54, 1.807) is 0 Å². The van der Waals surface area contributed by atoms with Crippen LogP contribution in [0, 0.1) is 0 Å². The Morgan fingerprint density at radius 1 is 0.833 bits per heavy atom. The SMILES string of the molecule is CCCCc1nc(-c2ccc(OCCCN(C)C)cc2)cn1-c1ccc(Oc2ccc(Cl)cc2)cc1. The van der Waals surface area contributed by atoms with Crippen molar-refractivity contribution in [3.63, 3.8) is 0 Å². The lowest BCUT2D eigenvalue weighted by atomic mass is 10.1. The van der Waals surface area contributed by atoms with Gasteiger partial charge in [-0.2, -0.15) is 0 Å². The minimum absolute atomic E-state index is 0.690. The Hall–Kier alpha value is -3.28. The molecule has 1 heterocycles. The predicted octanol–water partition coefficient (Wildman–Crippen LogP) is 7.66. The van der Waals surface area contributed by atoms with Gasteiger partial charge in [0.05, 0.1) is 12.3 Å². The number of imidazole rings is 1. The van der Waals surface area contributed by atoms with E-state index in [0.717, 1.165) is 72.2 Å². The van der Waals surface area contributed by atoms with E-state index in [1.165, 1.54) is 0 Å². The highest BCUT2D eigenvalue weighted by atomic mass is 35.5. The van der Waals surface area contributed by atoms with Crippen LogP contribution in [0.4, 0.5) is 0 Å². The molecule has 1 aromatic heterocycles. The average Bonchev–Trinajstić information content (AvgIpc) is 3.31. The molecule has 0 radical (unpaired) electrons. The summed E-state index contributed by atoms with van der Waals surface area (Å²) in [4.78, 5) is 7.16. The molecule has 5 nitrogen and oxygen atoms in total. The summed E-state index contributed by atoms with van der Waals surface area (Å²) in [5.74, 6) is 3.48. The van der Waals surface area contributed by atoms with Gasteiger partial charge in [0.25, 0.3) is 0 Å². The fourth-order valence-corrected chi connectivity index (χ4v) is 4.02. The number of aryl methyl sites for hydroxylation is 1. The van der Waals surface area contributed by atoms with Crippen molar-refractivity contribution in [2.75, 3.05) is 27.2 Å². The maximum atomic E-state index is 5.97. The maximum absolute atomic E-state index is 5.97. The molecule has 0 aliphatic heterocycles. The summed E-state index contributed by atoms with van der Waals surface area (Å²) >= 11 is 5.97. The first kappa shape index (κ1) is 25.8. The molecule has 0 spiro atoms. The molecular weight excluding hydrogens is 470 g/mol. The average molecular weight is 504 g/mol. The molecule has 0 amide bonds. The first-order valence-electron chi connectivity index (χ1n) is 12.5. The molecule has 0 aliphatic rings. The number of rotatable bonds is 12. The van der Waals surface area contributed by atoms with Crippen LogP contribution in [-0.2, 0) is 6.42 Å². The molecule has 0 unspecified atom stereocenters. The van der Waals surface area contributed by atoms with Gasteiger partial charge in [0.15, 0.2) is 0 Å². The number of unbranched alkanes of at least 4 members (excludes halogenated alkanes) is 1. The highest BCUT2D eigenvalue weighted by Gasteiger charge is 2.12. The van der Waals surface area contributed by atoms with Gasteiger partial charge in [-0.3, -0.25) is 0 Å². The van der Waals surface area contributed by atoms with Crippen molar-refractivity contribution >= 4 is 11.6 Å². The Bertz CT molecular complexity index is 1220. The molecule has 0 fully saturated rings. The molecule has 36 heavy (non-hydrogen) atoms. The zero-order chi connectivity index (χ0) is 25.3. The van der Waals surface area contributed by atoms with Crippen molar-refractivity contribution in [2.45, 2.75) is 32.6 Å². The van der Waals surface area contributed by atoms with Gasteiger partial charge in [0, 0.05) is 35.4 Å². The number of ether oxygens (including phenoxy) is 2. The standard InChI is InChI=1S/C30H34ClN3O2/c1-4-5-7-30-32-29(23-8-14-26(15-9-23)35-21-6-20-33(2)3)22-34(30)25-12-18-28(19-13-25)36-27-16-10-24(31)11-17-27/h8-19,22H,4-7,20-21H2,1-3H3. The molecule has 6 heteroatoms. The van der Waals surface area contributed by atoms with Crippen LogP contribution in [0.25, 0.3) is 16.9 Å². The van der Waals surface area contributed by atoms with Crippen molar-refractivity contribution in [3.8, 4) is 34.2 Å². The Kier molecular flexibility index (Phi) is 9.04. The van der Waals surface area contributed by atoms with Crippen LogP contribution in [0.3, 0.4) is 0 Å². The first-order valence-corrected chi connectivity index (χ1v) is 12.9. The molecule has 188 valence electrons. The molecule has 3 aromatic carbocycles. The topological polar surface area (TPSA) is 39.5 Å². The summed E-state index contributed by atoms with van der Waals surface area (Å²) < 4.78 is 14.0. The van der Waals surface area contributed by atoms with Crippen LogP contribution in [0.1, 0.15) is 32.0 Å². The minimum Gasteiger partial charge on any atom is -0.494 e. The zero-order valence-corrected chi connectivity index (χ0v) is 22.0. The number of benzene rings is 3. The van der Waals surface area contributed by atoms with Gasteiger partial charge in [0.2, 0.25) is 0 Å². The molecular formula is C30H34ClN3O2. The molecule has 0 N–H and O–H groups in total. The van der Waals surface area contributed by atoms with E-state index >= 15 is 0 Å². The summed E-state index contributed by atoms with van der Waals surface area (Å²) in [5, 5.41) is 0.690. The van der Waals surface area contributed by atoms with Crippen LogP contribution in [0.2, 0.25) is 5.02 Å². The van der Waals surface area contributed by atoms with Crippen LogP contribution < -0.4 is 9.47 Å². The maximum Gasteiger partial charge on any atom is 0.127 e. The number of halogens is 1. The number of hydrogen-bond acceptors (Lipinski definition) is 4. The third-order valence-corrected chi connectivity index (χ3v) is 6.12. The van der Waals surface area contributed by atoms with E-state index in [1.807, 2.05) is 48.5 Å². The summed E-state index contributed by atoms with van der Waals surface area (Å²) in [5.41, 5.74) is 3.10. The van der Waals surface area contributed by atoms with E-state index in [0.29, 0.717) is 11.6 Å². The summed E-state index contributed by atoms with van der Waals surface area (Å²) in [6.07, 6.45) is 6.26. The van der Waals surface area contributed by atoms with Gasteiger partial charge in [-0.05, 0) is 99.7 Å². The van der Waals surface area contributed by atoms with Crippen molar-refractivity contribution in [1.29, 1.82) is 0 Å². The Morgan fingerprint density at radius 2 is 1.47 bits per heavy atom. The molecule has 4 rings (SSSR count). The third kappa shape index (κ3) is 7.12. The Balaban J connectivity index is 1.49. The zero-order valence-electron chi connectivity index (χ0n) is 21.3. The molecule has 0 aliphatic carbocycles. The fraction of sp³-hybridized carbons (Fsp3) is 0.300. The second-order valence-corrected chi connectivity index (χ2v) is 9.53.